The van der Waals surface area contributed by atoms with Gasteiger partial charge in [-0.05, 0) is 49.2 Å². The van der Waals surface area contributed by atoms with Gasteiger partial charge in [-0.15, -0.1) is 0 Å². The van der Waals surface area contributed by atoms with E-state index in [1.165, 1.54) is 30.5 Å². The zero-order chi connectivity index (χ0) is 21.4. The number of amides is 1. The van der Waals surface area contributed by atoms with E-state index >= 15 is 0 Å². The van der Waals surface area contributed by atoms with Gasteiger partial charge in [0.15, 0.2) is 11.6 Å². The second kappa shape index (κ2) is 7.70. The summed E-state index contributed by atoms with van der Waals surface area (Å²) in [4.78, 5) is 29.7. The molecule has 0 fully saturated rings. The molecule has 1 aliphatic rings. The van der Waals surface area contributed by atoms with Crippen LogP contribution in [-0.4, -0.2) is 34.9 Å². The minimum Gasteiger partial charge on any atom is -0.462 e. The topological polar surface area (TPSA) is 62.4 Å². The molecule has 0 atom stereocenters. The van der Waals surface area contributed by atoms with Crippen LogP contribution in [0.15, 0.2) is 42.6 Å². The van der Waals surface area contributed by atoms with Gasteiger partial charge in [-0.1, -0.05) is 6.07 Å². The summed E-state index contributed by atoms with van der Waals surface area (Å²) in [5.41, 5.74) is 1.23. The number of halogens is 3. The Morgan fingerprint density at radius 1 is 1.17 bits per heavy atom. The maximum absolute atomic E-state index is 14.2. The number of nitrogens with zero attached hydrogens (tertiary/aromatic N) is 1. The fourth-order valence-electron chi connectivity index (χ4n) is 3.58. The van der Waals surface area contributed by atoms with Crippen molar-refractivity contribution in [2.45, 2.75) is 13.3 Å². The van der Waals surface area contributed by atoms with Crippen LogP contribution < -0.4 is 0 Å². The molecule has 0 aliphatic carbocycles. The van der Waals surface area contributed by atoms with E-state index in [9.17, 15) is 22.8 Å². The van der Waals surface area contributed by atoms with E-state index < -0.39 is 34.9 Å². The van der Waals surface area contributed by atoms with Crippen LogP contribution in [0.5, 0.6) is 0 Å². The number of fused-ring (bicyclic) bond motifs is 3. The van der Waals surface area contributed by atoms with Crippen LogP contribution in [0.4, 0.5) is 13.2 Å². The van der Waals surface area contributed by atoms with Crippen molar-refractivity contribution < 1.29 is 27.5 Å². The highest BCUT2D eigenvalue weighted by molar-refractivity contribution is 6.18. The van der Waals surface area contributed by atoms with E-state index in [2.05, 4.69) is 4.98 Å². The molecular formula is C22H17F3N2O3. The molecule has 0 saturated carbocycles. The van der Waals surface area contributed by atoms with E-state index in [0.29, 0.717) is 28.6 Å². The summed E-state index contributed by atoms with van der Waals surface area (Å²) in [5, 5.41) is 0.702. The van der Waals surface area contributed by atoms with E-state index in [1.807, 2.05) is 0 Å². The summed E-state index contributed by atoms with van der Waals surface area (Å²) >= 11 is 0. The number of hydrogen-bond donors (Lipinski definition) is 1. The molecule has 0 unspecified atom stereocenters. The molecule has 4 rings (SSSR count). The molecule has 0 radical (unpaired) electrons. The largest absolute Gasteiger partial charge is 0.462 e. The van der Waals surface area contributed by atoms with Gasteiger partial charge >= 0.3 is 5.97 Å². The maximum Gasteiger partial charge on any atom is 0.341 e. The molecule has 0 spiro atoms. The molecule has 2 aromatic carbocycles. The Labute approximate surface area is 169 Å². The Morgan fingerprint density at radius 3 is 2.73 bits per heavy atom. The summed E-state index contributed by atoms with van der Waals surface area (Å²) in [6, 6.07) is 7.56. The summed E-state index contributed by atoms with van der Waals surface area (Å²) in [5.74, 6) is -4.29. The van der Waals surface area contributed by atoms with Crippen molar-refractivity contribution in [1.29, 1.82) is 0 Å². The summed E-state index contributed by atoms with van der Waals surface area (Å²) in [6.45, 7) is 1.85. The first-order valence-electron chi connectivity index (χ1n) is 9.35. The fraction of sp³-hybridized carbons (Fsp3) is 0.182. The number of rotatable bonds is 3. The summed E-state index contributed by atoms with van der Waals surface area (Å²) in [7, 11) is 0. The van der Waals surface area contributed by atoms with Crippen LogP contribution >= 0.6 is 0 Å². The third-order valence-electron chi connectivity index (χ3n) is 4.96. The Kier molecular flexibility index (Phi) is 5.07. The molecule has 2 heterocycles. The third-order valence-corrected chi connectivity index (χ3v) is 4.96. The highest BCUT2D eigenvalue weighted by Crippen LogP contribution is 2.32. The van der Waals surface area contributed by atoms with Gasteiger partial charge < -0.3 is 14.6 Å². The van der Waals surface area contributed by atoms with Crippen molar-refractivity contribution in [2.75, 3.05) is 13.2 Å². The molecule has 8 heteroatoms. The van der Waals surface area contributed by atoms with Gasteiger partial charge in [-0.25, -0.2) is 18.0 Å². The van der Waals surface area contributed by atoms with E-state index in [0.717, 1.165) is 11.0 Å². The monoisotopic (exact) mass is 414 g/mol. The lowest BCUT2D eigenvalue weighted by Gasteiger charge is -2.18. The van der Waals surface area contributed by atoms with Crippen molar-refractivity contribution >= 4 is 28.4 Å². The SMILES string of the molecule is CCOC(=O)C1=CN(C(=O)c2cccc(F)c2F)CCc2c1[nH]c1cc(F)ccc21. The van der Waals surface area contributed by atoms with E-state index in [1.54, 1.807) is 13.0 Å². The second-order valence-corrected chi connectivity index (χ2v) is 6.78. The molecule has 1 aromatic heterocycles. The molecule has 1 N–H and O–H groups in total. The van der Waals surface area contributed by atoms with Crippen LogP contribution in [0.2, 0.25) is 0 Å². The van der Waals surface area contributed by atoms with Crippen molar-refractivity contribution in [2.24, 2.45) is 0 Å². The lowest BCUT2D eigenvalue weighted by atomic mass is 10.0. The maximum atomic E-state index is 14.2. The highest BCUT2D eigenvalue weighted by Gasteiger charge is 2.29. The molecule has 30 heavy (non-hydrogen) atoms. The molecule has 3 aromatic rings. The van der Waals surface area contributed by atoms with Gasteiger partial charge in [0.05, 0.1) is 23.4 Å². The Balaban J connectivity index is 1.83. The number of H-pyrrole nitrogens is 1. The molecular weight excluding hydrogens is 397 g/mol. The molecule has 1 amide bonds. The minimum absolute atomic E-state index is 0.0473. The predicted octanol–water partition coefficient (Wildman–Crippen LogP) is 4.19. The number of ether oxygens (including phenoxy) is 1. The standard InChI is InChI=1S/C22H17F3N2O3/c1-2-30-22(29)16-11-27(21(28)15-4-3-5-17(24)19(15)25)9-8-14-13-7-6-12(23)10-18(13)26-20(14)16/h3-7,10-11,26H,2,8-9H2,1H3. The van der Waals surface area contributed by atoms with Crippen molar-refractivity contribution in [3.8, 4) is 0 Å². The third kappa shape index (κ3) is 3.34. The first-order valence-corrected chi connectivity index (χ1v) is 9.35. The number of carbonyl (C=O) groups is 2. The van der Waals surface area contributed by atoms with E-state index in [4.69, 9.17) is 4.74 Å². The average molecular weight is 414 g/mol. The summed E-state index contributed by atoms with van der Waals surface area (Å²) < 4.78 is 46.5. The number of carbonyl (C=O) groups excluding carboxylic acids is 2. The zero-order valence-electron chi connectivity index (χ0n) is 16.0. The van der Waals surface area contributed by atoms with Crippen LogP contribution in [0.25, 0.3) is 16.5 Å². The number of nitrogens with one attached hydrogen (secondary N) is 1. The number of benzene rings is 2. The number of aromatic nitrogens is 1. The molecule has 5 nitrogen and oxygen atoms in total. The molecule has 154 valence electrons. The Hall–Kier alpha value is -3.55. The highest BCUT2D eigenvalue weighted by atomic mass is 19.2. The average Bonchev–Trinajstić information content (AvgIpc) is 2.95. The smallest absolute Gasteiger partial charge is 0.341 e. The van der Waals surface area contributed by atoms with Gasteiger partial charge in [-0.2, -0.15) is 0 Å². The Bertz CT molecular complexity index is 1200. The van der Waals surface area contributed by atoms with Crippen molar-refractivity contribution in [3.05, 3.63) is 76.9 Å². The number of hydrogen-bond acceptors (Lipinski definition) is 3. The van der Waals surface area contributed by atoms with Crippen LogP contribution in [-0.2, 0) is 16.0 Å². The van der Waals surface area contributed by atoms with Crippen LogP contribution in [0, 0.1) is 17.5 Å². The molecule has 0 saturated heterocycles. The lowest BCUT2D eigenvalue weighted by molar-refractivity contribution is -0.136. The lowest BCUT2D eigenvalue weighted by Crippen LogP contribution is -2.29. The predicted molar refractivity (Wildman–Crippen MR) is 104 cm³/mol. The van der Waals surface area contributed by atoms with Crippen LogP contribution in [0.1, 0.15) is 28.5 Å². The number of esters is 1. The second-order valence-electron chi connectivity index (χ2n) is 6.78. The van der Waals surface area contributed by atoms with Gasteiger partial charge in [0.1, 0.15) is 5.82 Å². The van der Waals surface area contributed by atoms with E-state index in [-0.39, 0.29) is 18.7 Å². The van der Waals surface area contributed by atoms with Crippen molar-refractivity contribution in [3.63, 3.8) is 0 Å². The summed E-state index contributed by atoms with van der Waals surface area (Å²) in [6.07, 6.45) is 1.57. The first-order chi connectivity index (χ1) is 14.4. The normalized spacial score (nSPS) is 13.6. The minimum atomic E-state index is -1.25. The van der Waals surface area contributed by atoms with Gasteiger partial charge in [0, 0.05) is 23.6 Å². The quantitative estimate of drug-likeness (QED) is 0.654. The van der Waals surface area contributed by atoms with Gasteiger partial charge in [0.2, 0.25) is 0 Å². The fourth-order valence-corrected chi connectivity index (χ4v) is 3.58. The number of aromatic amines is 1. The van der Waals surface area contributed by atoms with Crippen LogP contribution in [0.3, 0.4) is 0 Å². The van der Waals surface area contributed by atoms with Gasteiger partial charge in [0.25, 0.3) is 5.91 Å². The van der Waals surface area contributed by atoms with Gasteiger partial charge in [-0.3, -0.25) is 4.79 Å². The zero-order valence-corrected chi connectivity index (χ0v) is 16.0. The Morgan fingerprint density at radius 2 is 1.97 bits per heavy atom. The molecule has 0 bridgehead atoms. The molecule has 1 aliphatic heterocycles. The first kappa shape index (κ1) is 19.8. The van der Waals surface area contributed by atoms with Crippen molar-refractivity contribution in [1.82, 2.24) is 9.88 Å².